The second kappa shape index (κ2) is 24.3. The molecule has 0 amide bonds. The molecule has 0 fully saturated rings. The van der Waals surface area contributed by atoms with Gasteiger partial charge in [0, 0.05) is 42.0 Å². The van der Waals surface area contributed by atoms with E-state index in [-0.39, 0.29) is 67.1 Å². The van der Waals surface area contributed by atoms with Crippen LogP contribution in [0.25, 0.3) is 139 Å². The maximum atomic E-state index is 11.3. The van der Waals surface area contributed by atoms with E-state index in [2.05, 4.69) is 27.1 Å². The predicted molar refractivity (Wildman–Crippen MR) is 428 cm³/mol. The van der Waals surface area contributed by atoms with E-state index in [0.717, 1.165) is 27.9 Å². The molecule has 0 saturated carbocycles. The van der Waals surface area contributed by atoms with Crippen molar-refractivity contribution in [1.82, 2.24) is 14.1 Å². The second-order valence-corrected chi connectivity index (χ2v) is 29.4. The molecule has 0 unspecified atom stereocenters. The number of furan rings is 1. The van der Waals surface area contributed by atoms with Gasteiger partial charge in [0.15, 0.2) is 8.07 Å². The van der Waals surface area contributed by atoms with Crippen LogP contribution >= 0.6 is 0 Å². The van der Waals surface area contributed by atoms with Crippen molar-refractivity contribution in [3.8, 4) is 95.5 Å². The van der Waals surface area contributed by atoms with Crippen molar-refractivity contribution in [2.45, 2.75) is 39.9 Å². The summed E-state index contributed by atoms with van der Waals surface area (Å²) in [5.41, 5.74) is -3.69. The van der Waals surface area contributed by atoms with Gasteiger partial charge in [-0.2, -0.15) is 0 Å². The summed E-state index contributed by atoms with van der Waals surface area (Å²) in [7, 11) is -6.63. The molecule has 490 valence electrons. The van der Waals surface area contributed by atoms with Crippen molar-refractivity contribution in [1.29, 1.82) is 0 Å². The number of para-hydroxylation sites is 2. The minimum atomic E-state index is -6.63. The Morgan fingerprint density at radius 1 is 0.447 bits per heavy atom. The molecule has 7 heteroatoms. The summed E-state index contributed by atoms with van der Waals surface area (Å²) < 4.78 is 339. The van der Waals surface area contributed by atoms with Gasteiger partial charge >= 0.3 is 0 Å². The molecular weight excluding hydrogens is 1270 g/mol. The Bertz CT molecular complexity index is 8110. The standard InChI is InChI=1S/C96H70N4O2Si/c1-62-26-23-27-63(2)93(62)67-55-83(65-46-49-91-84(53-65)82-43-20-22-45-90(82)102-91)94-85(56-67)78-40-17-15-38-76(78)77-39-16-18-41-79(77)86-54-66(64-28-24-37-75(52-64)103(72-31-9-6-10-32-72,73-33-11-7-12-34-73)74-35-13-8-14-36-74)57-89-95(86)99(94)61-98(89)69-29-25-30-70(59-69)101-71-47-48-81-80-42-19-21-44-87(80)100(88(81)60-71)92-58-68(50-51-97-92)96(3,4)5/h6-60H,1-5H3/i1D3,2D3,6D,7D,8D,9D,10D,11D,12D,13D,14D,15D,16D,17D,18D,24D,28D,31D,32D,33D,34D,35D,36D,37D,38D,39D,40D,41D,52D. The van der Waals surface area contributed by atoms with Crippen molar-refractivity contribution >= 4 is 83.6 Å². The van der Waals surface area contributed by atoms with Crippen molar-refractivity contribution in [2.24, 2.45) is 0 Å². The van der Waals surface area contributed by atoms with Gasteiger partial charge in [-0.05, 0) is 208 Å². The highest BCUT2D eigenvalue weighted by molar-refractivity contribution is 7.20. The predicted octanol–water partition coefficient (Wildman–Crippen LogP) is 21.5. The van der Waals surface area contributed by atoms with E-state index in [4.69, 9.17) is 26.5 Å². The van der Waals surface area contributed by atoms with Gasteiger partial charge in [0.2, 0.25) is 0 Å². The zero-order valence-electron chi connectivity index (χ0n) is 87.8. The van der Waals surface area contributed by atoms with Crippen LogP contribution in [0.1, 0.15) is 82.7 Å². The van der Waals surface area contributed by atoms with E-state index in [0.29, 0.717) is 33.3 Å². The van der Waals surface area contributed by atoms with Crippen molar-refractivity contribution < 1.29 is 59.0 Å². The first-order chi connectivity index (χ1) is 64.1. The van der Waals surface area contributed by atoms with Crippen LogP contribution in [-0.4, -0.2) is 22.2 Å². The Morgan fingerprint density at radius 3 is 1.76 bits per heavy atom. The van der Waals surface area contributed by atoms with Crippen LogP contribution in [0.5, 0.6) is 11.5 Å². The fourth-order valence-electron chi connectivity index (χ4n) is 14.3. The number of hydrogen-bond donors (Lipinski definition) is 0. The maximum Gasteiger partial charge on any atom is 0.269 e. The molecule has 1 aliphatic heterocycles. The van der Waals surface area contributed by atoms with Crippen LogP contribution in [0, 0.1) is 20.0 Å². The van der Waals surface area contributed by atoms with Crippen LogP contribution in [0.15, 0.2) is 338 Å². The Kier molecular flexibility index (Phi) is 8.51. The SMILES string of the molecule is [2H]c1c([2H])c([2H])c([Si](c2c([2H])c([2H])c([2H])c([2H])c2[2H])(c2c([2H])c([2H])c([2H])c([2H])c2[2H])c2c([2H])c([2H])c([2H])c(-c3cc4c5c(c3)n(-c3cccc(Oc6ccc7c8ccccc8n(-c8cc(C(C)(C)C)ccn8)c7c6)c3)[c-][n+]5-c3c(-c5ccc6oc7ccccc7c6c5)cc(-c5c(C([2H])([2H])[2H])cccc5C([2H])([2H])[2H])cc3-c3c([2H])c([2H])c([2H])c([2H])c3-c3c([2H])c([2H])c([2H])c([2H])c3-4)c2[2H])c([2H])c1[2H]. The fraction of sp³-hybridized carbons (Fsp3) is 0.0625. The minimum absolute atomic E-state index is 0.0217. The van der Waals surface area contributed by atoms with Crippen LogP contribution in [0.4, 0.5) is 0 Å². The molecule has 14 aromatic carbocycles. The molecule has 103 heavy (non-hydrogen) atoms. The van der Waals surface area contributed by atoms with Gasteiger partial charge in [-0.1, -0.05) is 257 Å². The Morgan fingerprint density at radius 2 is 1.05 bits per heavy atom. The molecule has 19 rings (SSSR count). The van der Waals surface area contributed by atoms with Crippen molar-refractivity contribution in [2.75, 3.05) is 0 Å². The molecule has 18 aromatic rings. The number of imidazole rings is 1. The lowest BCUT2D eigenvalue weighted by Gasteiger charge is -2.34. The summed E-state index contributed by atoms with van der Waals surface area (Å²) in [6, 6.07) is 13.4. The van der Waals surface area contributed by atoms with Gasteiger partial charge in [0.05, 0.1) is 70.5 Å². The molecular formula is C96H70N4O2Si. The Labute approximate surface area is 646 Å². The van der Waals surface area contributed by atoms with E-state index in [1.165, 1.54) is 45.5 Å². The molecule has 0 radical (unpaired) electrons. The largest absolute Gasteiger partial charge is 0.458 e. The van der Waals surface area contributed by atoms with Gasteiger partial charge < -0.3 is 9.15 Å². The zero-order valence-corrected chi connectivity index (χ0v) is 55.8. The number of rotatable bonds is 11. The smallest absolute Gasteiger partial charge is 0.269 e. The lowest BCUT2D eigenvalue weighted by molar-refractivity contribution is -0.570. The quantitative estimate of drug-likeness (QED) is 0.0561. The summed E-state index contributed by atoms with van der Waals surface area (Å²) >= 11 is 0. The molecule has 0 saturated heterocycles. The lowest BCUT2D eigenvalue weighted by atomic mass is 9.85. The van der Waals surface area contributed by atoms with Gasteiger partial charge in [-0.3, -0.25) is 13.7 Å². The van der Waals surface area contributed by atoms with Gasteiger partial charge in [0.25, 0.3) is 6.33 Å². The number of fused-ring (bicyclic) bond motifs is 13. The average molecular weight is 1370 g/mol. The number of aryl methyl sites for hydroxylation is 2. The lowest BCUT2D eigenvalue weighted by Crippen LogP contribution is -2.74. The third-order valence-electron chi connectivity index (χ3n) is 19.0. The fourth-order valence-corrected chi connectivity index (χ4v) is 17.9. The molecule has 0 aliphatic carbocycles. The third kappa shape index (κ3) is 10.1. The summed E-state index contributed by atoms with van der Waals surface area (Å²) in [4.78, 5) is 4.88. The number of benzene rings is 14. The van der Waals surface area contributed by atoms with Gasteiger partial charge in [0.1, 0.15) is 28.5 Å². The molecule has 0 N–H and O–H groups in total. The number of hydrogen-bond acceptors (Lipinski definition) is 3. The summed E-state index contributed by atoms with van der Waals surface area (Å²) in [6.07, 6.45) is 5.26. The molecule has 0 bridgehead atoms. The van der Waals surface area contributed by atoms with E-state index in [9.17, 15) is 32.9 Å². The van der Waals surface area contributed by atoms with Crippen LogP contribution in [0.3, 0.4) is 0 Å². The number of nitrogens with zero attached hydrogens (tertiary/aromatic N) is 4. The normalized spacial score (nSPS) is 16.9. The number of pyridine rings is 1. The topological polar surface area (TPSA) is 49.0 Å². The molecule has 5 heterocycles. The monoisotopic (exact) mass is 1370 g/mol. The second-order valence-electron chi connectivity index (χ2n) is 25.9. The first-order valence-electron chi connectivity index (χ1n) is 49.3. The van der Waals surface area contributed by atoms with Crippen LogP contribution in [-0.2, 0) is 5.41 Å². The highest BCUT2D eigenvalue weighted by Gasteiger charge is 2.42. The van der Waals surface area contributed by atoms with E-state index in [1.807, 2.05) is 53.1 Å². The van der Waals surface area contributed by atoms with Crippen LogP contribution in [0.2, 0.25) is 0 Å². The van der Waals surface area contributed by atoms with Crippen molar-refractivity contribution in [3.63, 3.8) is 0 Å². The number of ether oxygens (including phenoxy) is 1. The van der Waals surface area contributed by atoms with Gasteiger partial charge in [-0.15, -0.1) is 0 Å². The molecule has 0 spiro atoms. The molecule has 0 atom stereocenters. The highest BCUT2D eigenvalue weighted by atomic mass is 28.3. The Hall–Kier alpha value is -12.7. The first kappa shape index (κ1) is 36.1. The van der Waals surface area contributed by atoms with E-state index < -0.39 is 256 Å². The third-order valence-corrected chi connectivity index (χ3v) is 23.0. The summed E-state index contributed by atoms with van der Waals surface area (Å²) in [5, 5.41) is -1.90. The number of aromatic nitrogens is 4. The van der Waals surface area contributed by atoms with E-state index >= 15 is 0 Å². The summed E-state index contributed by atoms with van der Waals surface area (Å²) in [5.74, 6) is 0.974. The van der Waals surface area contributed by atoms with Crippen LogP contribution < -0.4 is 30.1 Å². The molecule has 1 aliphatic rings. The average Bonchev–Trinajstić information content (AvgIpc) is 0.833. The first-order valence-corrected chi connectivity index (χ1v) is 34.8. The molecule has 6 nitrogen and oxygen atoms in total. The molecule has 4 aromatic heterocycles. The minimum Gasteiger partial charge on any atom is -0.458 e. The van der Waals surface area contributed by atoms with E-state index in [1.54, 1.807) is 79.0 Å². The highest BCUT2D eigenvalue weighted by Crippen LogP contribution is 2.49. The summed E-state index contributed by atoms with van der Waals surface area (Å²) in [6.45, 7) is 0.0132. The van der Waals surface area contributed by atoms with Gasteiger partial charge in [-0.25, -0.2) is 4.98 Å². The Balaban J connectivity index is 1.03. The zero-order chi connectivity index (χ0) is 97.6. The van der Waals surface area contributed by atoms with Crippen molar-refractivity contribution in [3.05, 3.63) is 356 Å². The maximum absolute atomic E-state index is 11.3.